The summed E-state index contributed by atoms with van der Waals surface area (Å²) in [5, 5.41) is 4.56. The number of hydrogen-bond donors (Lipinski definition) is 0. The van der Waals surface area contributed by atoms with E-state index in [9.17, 15) is 19.2 Å². The molecule has 0 fully saturated rings. The lowest BCUT2D eigenvalue weighted by atomic mass is 9.96. The molecule has 0 amide bonds. The fourth-order valence-electron chi connectivity index (χ4n) is 13.0. The molecule has 95 heavy (non-hydrogen) atoms. The lowest BCUT2D eigenvalue weighted by Gasteiger charge is -2.27. The van der Waals surface area contributed by atoms with E-state index in [0.29, 0.717) is 60.5 Å². The van der Waals surface area contributed by atoms with Crippen LogP contribution in [0, 0.1) is 27.7 Å². The van der Waals surface area contributed by atoms with E-state index in [1.165, 1.54) is 11.1 Å². The maximum Gasteiger partial charge on any atom is 0.252 e. The Morgan fingerprint density at radius 2 is 0.747 bits per heavy atom. The van der Waals surface area contributed by atoms with Crippen LogP contribution in [0.2, 0.25) is 0 Å². The molecule has 14 nitrogen and oxygen atoms in total. The Morgan fingerprint density at radius 3 is 1.34 bits per heavy atom. The van der Waals surface area contributed by atoms with Gasteiger partial charge in [0.2, 0.25) is 16.3 Å². The quantitative estimate of drug-likeness (QED) is 0.112. The second-order valence-corrected chi connectivity index (χ2v) is 25.5. The van der Waals surface area contributed by atoms with Gasteiger partial charge >= 0.3 is 0 Å². The van der Waals surface area contributed by atoms with Crippen molar-refractivity contribution in [2.24, 2.45) is 9.98 Å². The molecule has 3 heterocycles. The van der Waals surface area contributed by atoms with Crippen LogP contribution in [0.1, 0.15) is 22.3 Å². The number of anilines is 6. The summed E-state index contributed by atoms with van der Waals surface area (Å²) in [6.07, 6.45) is 0. The van der Waals surface area contributed by atoms with E-state index in [1.807, 2.05) is 24.3 Å². The van der Waals surface area contributed by atoms with Gasteiger partial charge in [0.1, 0.15) is 38.5 Å². The van der Waals surface area contributed by atoms with E-state index < -0.39 is 21.7 Å². The highest BCUT2D eigenvalue weighted by Crippen LogP contribution is 2.44. The summed E-state index contributed by atoms with van der Waals surface area (Å²) in [5.41, 5.74) is 18.3. The summed E-state index contributed by atoms with van der Waals surface area (Å²) in [6, 6.07) is 72.9. The molecule has 0 aliphatic heterocycles. The van der Waals surface area contributed by atoms with Gasteiger partial charge in [-0.3, -0.25) is 19.2 Å². The lowest BCUT2D eigenvalue weighted by molar-refractivity contribution is 1.27. The molecule has 0 aliphatic rings. The van der Waals surface area contributed by atoms with Gasteiger partial charge in [0.05, 0.1) is 46.6 Å². The van der Waals surface area contributed by atoms with Crippen LogP contribution in [0.25, 0.3) is 110 Å². The van der Waals surface area contributed by atoms with Gasteiger partial charge in [-0.1, -0.05) is 120 Å². The standard InChI is InChI=1S/C78H48N10O4S3/c1-41-9-22-50(23-10-41)87(51-24-11-42(2)12-25-51)53-31-20-46(21-32-53)60-39-62-63(69-68(60)82-93-83-69)40-66(73-70(62)84-95-86-73)80-71-61-37-49-35-48(17-16-47(49)36-64(61)77(91)78(71)92)59-38-55(28-15-44(59)4)88(52-26-13-43(3)14-27-52)54-29-18-45(19-30-54)56-33-34-65(72-67(56)81-94-85-72)79-74-75(89)57-7-5-6-8-58(57)76(74)90/h5-40H,1-4H3/b80-71-. The van der Waals surface area contributed by atoms with Crippen LogP contribution in [0.5, 0.6) is 0 Å². The molecule has 452 valence electrons. The van der Waals surface area contributed by atoms with Crippen molar-refractivity contribution < 1.29 is 0 Å². The molecule has 0 bridgehead atoms. The Morgan fingerprint density at radius 1 is 0.295 bits per heavy atom. The summed E-state index contributed by atoms with van der Waals surface area (Å²) in [7, 11) is 0. The minimum Gasteiger partial charge on any atom is -0.311 e. The summed E-state index contributed by atoms with van der Waals surface area (Å²) in [4.78, 5) is 69.0. The van der Waals surface area contributed by atoms with Gasteiger partial charge < -0.3 is 9.80 Å². The van der Waals surface area contributed by atoms with Crippen molar-refractivity contribution in [1.82, 2.24) is 26.2 Å². The molecule has 3 aromatic heterocycles. The van der Waals surface area contributed by atoms with E-state index in [-0.39, 0.29) is 10.7 Å². The third kappa shape index (κ3) is 9.65. The summed E-state index contributed by atoms with van der Waals surface area (Å²) in [5.74, 6) is 0. The Balaban J connectivity index is 0.717. The molecule has 14 aromatic carbocycles. The summed E-state index contributed by atoms with van der Waals surface area (Å²) < 4.78 is 28.5. The molecular formula is C78H48N10O4S3. The van der Waals surface area contributed by atoms with Crippen LogP contribution in [0.15, 0.2) is 248 Å². The average Bonchev–Trinajstić information content (AvgIpc) is 1.68. The molecule has 0 radical (unpaired) electrons. The second-order valence-electron chi connectivity index (χ2n) is 23.9. The molecule has 17 heteroatoms. The van der Waals surface area contributed by atoms with Crippen molar-refractivity contribution in [2.45, 2.75) is 27.7 Å². The van der Waals surface area contributed by atoms with E-state index in [1.54, 1.807) is 36.4 Å². The third-order valence-electron chi connectivity index (χ3n) is 18.0. The molecule has 0 saturated carbocycles. The topological polar surface area (TPSA) is 177 Å². The normalized spacial score (nSPS) is 12.0. The lowest BCUT2D eigenvalue weighted by Crippen LogP contribution is -2.31. The first-order chi connectivity index (χ1) is 46.4. The maximum absolute atomic E-state index is 14.3. The predicted octanol–water partition coefficient (Wildman–Crippen LogP) is 17.1. The first kappa shape index (κ1) is 57.2. The van der Waals surface area contributed by atoms with Crippen molar-refractivity contribution in [3.8, 4) is 33.4 Å². The Labute approximate surface area is 552 Å². The molecule has 0 N–H and O–H groups in total. The number of fused-ring (bicyclic) bond motifs is 9. The Bertz CT molecular complexity index is 6270. The van der Waals surface area contributed by atoms with Gasteiger partial charge in [0.25, 0.3) is 5.43 Å². The number of aryl methyl sites for hydroxylation is 4. The molecular weight excluding hydrogens is 1240 g/mol. The van der Waals surface area contributed by atoms with Gasteiger partial charge in [-0.2, -0.15) is 26.2 Å². The van der Waals surface area contributed by atoms with Gasteiger partial charge in [0.15, 0.2) is 5.36 Å². The van der Waals surface area contributed by atoms with Gasteiger partial charge in [-0.05, 0) is 182 Å². The van der Waals surface area contributed by atoms with Crippen LogP contribution in [0.4, 0.5) is 45.5 Å². The van der Waals surface area contributed by atoms with Crippen LogP contribution >= 0.6 is 35.2 Å². The van der Waals surface area contributed by atoms with E-state index in [4.69, 9.17) is 22.5 Å². The molecule has 17 aromatic rings. The molecule has 0 unspecified atom stereocenters. The first-order valence-corrected chi connectivity index (χ1v) is 32.8. The highest BCUT2D eigenvalue weighted by molar-refractivity contribution is 7.00. The van der Waals surface area contributed by atoms with Gasteiger partial charge in [-0.25, -0.2) is 9.98 Å². The zero-order valence-corrected chi connectivity index (χ0v) is 53.6. The van der Waals surface area contributed by atoms with Crippen LogP contribution in [0.3, 0.4) is 0 Å². The van der Waals surface area contributed by atoms with Crippen LogP contribution in [-0.2, 0) is 0 Å². The zero-order chi connectivity index (χ0) is 64.3. The second kappa shape index (κ2) is 22.5. The van der Waals surface area contributed by atoms with Gasteiger partial charge in [-0.15, -0.1) is 0 Å². The minimum atomic E-state index is -0.692. The number of rotatable bonds is 11. The fraction of sp³-hybridized carbons (Fsp3) is 0.0513. The molecule has 17 rings (SSSR count). The van der Waals surface area contributed by atoms with Crippen LogP contribution < -0.4 is 42.2 Å². The number of nitrogens with zero attached hydrogens (tertiary/aromatic N) is 10. The smallest absolute Gasteiger partial charge is 0.252 e. The number of benzene rings is 12. The highest BCUT2D eigenvalue weighted by Gasteiger charge is 2.23. The molecule has 0 spiro atoms. The first-order valence-electron chi connectivity index (χ1n) is 30.6. The van der Waals surface area contributed by atoms with Crippen LogP contribution in [-0.4, -0.2) is 26.2 Å². The predicted molar refractivity (Wildman–Crippen MR) is 387 cm³/mol. The van der Waals surface area contributed by atoms with E-state index in [0.717, 1.165) is 141 Å². The number of aromatic nitrogens is 6. The average molecular weight is 1290 g/mol. The SMILES string of the molecule is Cc1ccc(N(c2ccc(C)cc2)c2ccc(-c3cc4c(cc(/N=c5\c(=O)c(=O)c6cc7ccc(-c8cc(N(c9ccc(C)cc9)c9ccc(-c%10ccc(N=c%11c(=O)c%12ccccc%12c%11=O)c%11nsnc%10%11)cc9)ccc8C)cc7cc56)c5nsnc54)c4nsnc34)cc2)cc1. The maximum atomic E-state index is 14.3. The molecule has 0 saturated heterocycles. The van der Waals surface area contributed by atoms with Crippen molar-refractivity contribution in [2.75, 3.05) is 9.80 Å². The minimum absolute atomic E-state index is 0.0409. The van der Waals surface area contributed by atoms with Crippen molar-refractivity contribution in [3.63, 3.8) is 0 Å². The Kier molecular flexibility index (Phi) is 13.6. The molecule has 0 atom stereocenters. The summed E-state index contributed by atoms with van der Waals surface area (Å²) >= 11 is 3.23. The van der Waals surface area contributed by atoms with Crippen molar-refractivity contribution in [3.05, 3.63) is 292 Å². The summed E-state index contributed by atoms with van der Waals surface area (Å²) in [6.45, 7) is 8.34. The van der Waals surface area contributed by atoms with E-state index >= 15 is 0 Å². The molecule has 0 aliphatic carbocycles. The largest absolute Gasteiger partial charge is 0.311 e. The monoisotopic (exact) mass is 1280 g/mol. The zero-order valence-electron chi connectivity index (χ0n) is 51.1. The Hall–Kier alpha value is -11.8. The fourth-order valence-corrected chi connectivity index (χ4v) is 14.7. The van der Waals surface area contributed by atoms with Crippen molar-refractivity contribution >= 4 is 157 Å². The van der Waals surface area contributed by atoms with Crippen molar-refractivity contribution in [1.29, 1.82) is 0 Å². The third-order valence-corrected chi connectivity index (χ3v) is 19.6. The number of hydrogen-bond acceptors (Lipinski definition) is 17. The highest BCUT2D eigenvalue weighted by atomic mass is 32.1. The van der Waals surface area contributed by atoms with E-state index in [2.05, 4.69) is 209 Å². The van der Waals surface area contributed by atoms with Gasteiger partial charge in [0, 0.05) is 77.6 Å².